The Morgan fingerprint density at radius 2 is 2.16 bits per heavy atom. The van der Waals surface area contributed by atoms with Crippen LogP contribution in [0.3, 0.4) is 0 Å². The molecule has 0 bridgehead atoms. The van der Waals surface area contributed by atoms with Crippen LogP contribution in [0.1, 0.15) is 36.9 Å². The second-order valence-corrected chi connectivity index (χ2v) is 6.94. The van der Waals surface area contributed by atoms with Crippen molar-refractivity contribution >= 4 is 17.7 Å². The molecule has 0 aromatic heterocycles. The second-order valence-electron chi connectivity index (χ2n) is 5.87. The van der Waals surface area contributed by atoms with Crippen molar-refractivity contribution in [3.63, 3.8) is 0 Å². The number of nitrogens with one attached hydrogen (secondary N) is 1. The molecular weight excluding hydrogens is 254 g/mol. The van der Waals surface area contributed by atoms with Gasteiger partial charge in [0.1, 0.15) is 0 Å². The first-order valence-corrected chi connectivity index (χ1v) is 8.34. The van der Waals surface area contributed by atoms with E-state index < -0.39 is 0 Å². The standard InChI is InChI=1S/C16H21NOS/c1-11-6-7-13-4-2-3-5-14(13)16(11)17-15(18)8-12-9-19-10-12/h2-5,11-12,16H,6-10H2,1H3,(H,17,18). The number of hydrogen-bond donors (Lipinski definition) is 1. The fourth-order valence-corrected chi connectivity index (χ4v) is 3.84. The molecule has 3 rings (SSSR count). The molecule has 0 saturated carbocycles. The molecular formula is C16H21NOS. The number of fused-ring (bicyclic) bond motifs is 1. The molecule has 1 aromatic rings. The molecule has 3 heteroatoms. The quantitative estimate of drug-likeness (QED) is 0.918. The summed E-state index contributed by atoms with van der Waals surface area (Å²) in [5, 5.41) is 3.28. The summed E-state index contributed by atoms with van der Waals surface area (Å²) in [5.41, 5.74) is 2.74. The van der Waals surface area contributed by atoms with Crippen LogP contribution >= 0.6 is 11.8 Å². The van der Waals surface area contributed by atoms with E-state index in [1.165, 1.54) is 17.5 Å². The minimum Gasteiger partial charge on any atom is -0.349 e. The van der Waals surface area contributed by atoms with Crippen LogP contribution in [0.4, 0.5) is 0 Å². The Labute approximate surface area is 119 Å². The highest BCUT2D eigenvalue weighted by molar-refractivity contribution is 8.00. The van der Waals surface area contributed by atoms with Gasteiger partial charge in [0.05, 0.1) is 6.04 Å². The van der Waals surface area contributed by atoms with Gasteiger partial charge in [0.15, 0.2) is 0 Å². The fourth-order valence-electron chi connectivity index (χ4n) is 3.04. The van der Waals surface area contributed by atoms with Crippen molar-refractivity contribution in [3.8, 4) is 0 Å². The molecule has 2 unspecified atom stereocenters. The summed E-state index contributed by atoms with van der Waals surface area (Å²) in [7, 11) is 0. The lowest BCUT2D eigenvalue weighted by Gasteiger charge is -2.33. The Kier molecular flexibility index (Phi) is 3.83. The average Bonchev–Trinajstić information content (AvgIpc) is 2.37. The zero-order valence-electron chi connectivity index (χ0n) is 11.4. The van der Waals surface area contributed by atoms with Gasteiger partial charge in [-0.1, -0.05) is 31.2 Å². The summed E-state index contributed by atoms with van der Waals surface area (Å²) in [6.07, 6.45) is 3.02. The summed E-state index contributed by atoms with van der Waals surface area (Å²) in [5.74, 6) is 3.70. The normalized spacial score (nSPS) is 26.4. The van der Waals surface area contributed by atoms with Gasteiger partial charge in [-0.25, -0.2) is 0 Å². The van der Waals surface area contributed by atoms with Gasteiger partial charge in [0.25, 0.3) is 0 Å². The lowest BCUT2D eigenvalue weighted by molar-refractivity contribution is -0.123. The maximum absolute atomic E-state index is 12.1. The third-order valence-corrected chi connectivity index (χ3v) is 5.74. The molecule has 1 heterocycles. The molecule has 1 amide bonds. The van der Waals surface area contributed by atoms with Gasteiger partial charge < -0.3 is 5.32 Å². The Bertz CT molecular complexity index is 470. The van der Waals surface area contributed by atoms with Gasteiger partial charge in [0, 0.05) is 6.42 Å². The van der Waals surface area contributed by atoms with Crippen molar-refractivity contribution < 1.29 is 4.79 Å². The highest BCUT2D eigenvalue weighted by Crippen LogP contribution is 2.34. The number of benzene rings is 1. The second kappa shape index (κ2) is 5.58. The largest absolute Gasteiger partial charge is 0.349 e. The number of thioether (sulfide) groups is 1. The van der Waals surface area contributed by atoms with E-state index in [0.717, 1.165) is 17.9 Å². The van der Waals surface area contributed by atoms with Gasteiger partial charge in [-0.15, -0.1) is 0 Å². The van der Waals surface area contributed by atoms with E-state index in [4.69, 9.17) is 0 Å². The molecule has 19 heavy (non-hydrogen) atoms. The topological polar surface area (TPSA) is 29.1 Å². The van der Waals surface area contributed by atoms with Crippen molar-refractivity contribution in [3.05, 3.63) is 35.4 Å². The molecule has 0 spiro atoms. The predicted molar refractivity (Wildman–Crippen MR) is 80.2 cm³/mol. The third kappa shape index (κ3) is 2.81. The van der Waals surface area contributed by atoms with Crippen molar-refractivity contribution in [1.82, 2.24) is 5.32 Å². The average molecular weight is 275 g/mol. The number of hydrogen-bond acceptors (Lipinski definition) is 2. The van der Waals surface area contributed by atoms with E-state index in [0.29, 0.717) is 18.3 Å². The van der Waals surface area contributed by atoms with E-state index in [1.54, 1.807) is 0 Å². The first-order valence-electron chi connectivity index (χ1n) is 7.19. The number of amides is 1. The van der Waals surface area contributed by atoms with Crippen LogP contribution in [-0.4, -0.2) is 17.4 Å². The molecule has 2 nitrogen and oxygen atoms in total. The molecule has 1 aromatic carbocycles. The first kappa shape index (κ1) is 13.0. The SMILES string of the molecule is CC1CCc2ccccc2C1NC(=O)CC1CSC1. The van der Waals surface area contributed by atoms with Gasteiger partial charge in [-0.2, -0.15) is 11.8 Å². The maximum atomic E-state index is 12.1. The van der Waals surface area contributed by atoms with Crippen molar-refractivity contribution in [2.24, 2.45) is 11.8 Å². The predicted octanol–water partition coefficient (Wildman–Crippen LogP) is 3.18. The van der Waals surface area contributed by atoms with Crippen LogP contribution in [-0.2, 0) is 11.2 Å². The van der Waals surface area contributed by atoms with Gasteiger partial charge >= 0.3 is 0 Å². The molecule has 2 atom stereocenters. The molecule has 102 valence electrons. The number of carbonyl (C=O) groups is 1. The monoisotopic (exact) mass is 275 g/mol. The molecule has 2 aliphatic rings. The van der Waals surface area contributed by atoms with Crippen LogP contribution in [0, 0.1) is 11.8 Å². The number of rotatable bonds is 3. The summed E-state index contributed by atoms with van der Waals surface area (Å²) >= 11 is 1.94. The Morgan fingerprint density at radius 3 is 2.89 bits per heavy atom. The highest BCUT2D eigenvalue weighted by atomic mass is 32.2. The van der Waals surface area contributed by atoms with Crippen LogP contribution in [0.25, 0.3) is 0 Å². The van der Waals surface area contributed by atoms with Crippen molar-refractivity contribution in [1.29, 1.82) is 0 Å². The third-order valence-electron chi connectivity index (χ3n) is 4.33. The van der Waals surface area contributed by atoms with Crippen LogP contribution in [0.15, 0.2) is 24.3 Å². The van der Waals surface area contributed by atoms with Gasteiger partial charge in [-0.05, 0) is 47.3 Å². The van der Waals surface area contributed by atoms with Crippen LogP contribution in [0.5, 0.6) is 0 Å². The molecule has 1 aliphatic heterocycles. The van der Waals surface area contributed by atoms with E-state index in [-0.39, 0.29) is 11.9 Å². The zero-order valence-corrected chi connectivity index (χ0v) is 12.2. The number of aryl methyl sites for hydroxylation is 1. The molecule has 1 aliphatic carbocycles. The Hall–Kier alpha value is -0.960. The summed E-state index contributed by atoms with van der Waals surface area (Å²) in [6, 6.07) is 8.76. The zero-order chi connectivity index (χ0) is 13.2. The molecule has 0 radical (unpaired) electrons. The lowest BCUT2D eigenvalue weighted by atomic mass is 9.80. The van der Waals surface area contributed by atoms with E-state index in [1.807, 2.05) is 11.8 Å². The van der Waals surface area contributed by atoms with E-state index in [2.05, 4.69) is 36.5 Å². The van der Waals surface area contributed by atoms with Crippen molar-refractivity contribution in [2.45, 2.75) is 32.2 Å². The summed E-state index contributed by atoms with van der Waals surface area (Å²) in [6.45, 7) is 2.25. The van der Waals surface area contributed by atoms with Gasteiger partial charge in [0.2, 0.25) is 5.91 Å². The minimum absolute atomic E-state index is 0.213. The van der Waals surface area contributed by atoms with Crippen molar-refractivity contribution in [2.75, 3.05) is 11.5 Å². The fraction of sp³-hybridized carbons (Fsp3) is 0.562. The smallest absolute Gasteiger partial charge is 0.220 e. The summed E-state index contributed by atoms with van der Waals surface area (Å²) in [4.78, 5) is 12.1. The Balaban J connectivity index is 1.70. The molecule has 1 fully saturated rings. The van der Waals surface area contributed by atoms with Crippen LogP contribution in [0.2, 0.25) is 0 Å². The first-order chi connectivity index (χ1) is 9.24. The van der Waals surface area contributed by atoms with Crippen LogP contribution < -0.4 is 5.32 Å². The maximum Gasteiger partial charge on any atom is 0.220 e. The summed E-state index contributed by atoms with van der Waals surface area (Å²) < 4.78 is 0. The molecule has 1 saturated heterocycles. The highest BCUT2D eigenvalue weighted by Gasteiger charge is 2.29. The minimum atomic E-state index is 0.213. The van der Waals surface area contributed by atoms with Gasteiger partial charge in [-0.3, -0.25) is 4.79 Å². The Morgan fingerprint density at radius 1 is 1.37 bits per heavy atom. The lowest BCUT2D eigenvalue weighted by Crippen LogP contribution is -2.37. The molecule has 1 N–H and O–H groups in total. The van der Waals surface area contributed by atoms with E-state index in [9.17, 15) is 4.79 Å². The van der Waals surface area contributed by atoms with E-state index >= 15 is 0 Å². The number of carbonyl (C=O) groups excluding carboxylic acids is 1.